The predicted molar refractivity (Wildman–Crippen MR) is 82.2 cm³/mol. The lowest BCUT2D eigenvalue weighted by Crippen LogP contribution is -2.77. The highest BCUT2D eigenvalue weighted by Crippen LogP contribution is 2.27. The fourth-order valence-corrected chi connectivity index (χ4v) is 2.32. The van der Waals surface area contributed by atoms with Crippen molar-refractivity contribution in [1.29, 1.82) is 0 Å². The minimum atomic E-state index is -0.262. The van der Waals surface area contributed by atoms with Crippen molar-refractivity contribution >= 4 is 11.0 Å². The van der Waals surface area contributed by atoms with E-state index in [1.807, 2.05) is 30.6 Å². The van der Waals surface area contributed by atoms with Crippen LogP contribution in [0.1, 0.15) is 5.56 Å². The summed E-state index contributed by atoms with van der Waals surface area (Å²) in [6.07, 6.45) is 1.29. The van der Waals surface area contributed by atoms with E-state index >= 15 is 0 Å². The van der Waals surface area contributed by atoms with Crippen molar-refractivity contribution in [2.24, 2.45) is 0 Å². The van der Waals surface area contributed by atoms with Gasteiger partial charge in [0.15, 0.2) is 5.58 Å². The van der Waals surface area contributed by atoms with Gasteiger partial charge < -0.3 is 19.6 Å². The second kappa shape index (κ2) is 5.91. The Morgan fingerprint density at radius 3 is 2.68 bits per heavy atom. The molecular formula is C17H16NO4+. The van der Waals surface area contributed by atoms with Gasteiger partial charge in [-0.2, -0.15) is 0 Å². The third-order valence-corrected chi connectivity index (χ3v) is 3.37. The van der Waals surface area contributed by atoms with Crippen LogP contribution in [-0.2, 0) is 6.54 Å². The van der Waals surface area contributed by atoms with Crippen LogP contribution in [0.2, 0.25) is 0 Å². The molecule has 2 aromatic carbocycles. The van der Waals surface area contributed by atoms with Gasteiger partial charge in [0.05, 0.1) is 18.0 Å². The number of benzene rings is 2. The molecule has 3 N–H and O–H groups in total. The maximum Gasteiger partial charge on any atom is 0.235 e. The molecule has 0 saturated carbocycles. The van der Waals surface area contributed by atoms with Gasteiger partial charge in [-0.15, -0.1) is 0 Å². The summed E-state index contributed by atoms with van der Waals surface area (Å²) in [6.45, 7) is 0.519. The first-order chi connectivity index (χ1) is 10.7. The van der Waals surface area contributed by atoms with E-state index in [1.54, 1.807) is 18.2 Å². The number of phenols is 1. The van der Waals surface area contributed by atoms with Gasteiger partial charge in [0.2, 0.25) is 11.2 Å². The van der Waals surface area contributed by atoms with Crippen LogP contribution in [0.4, 0.5) is 0 Å². The van der Waals surface area contributed by atoms with Crippen LogP contribution in [0, 0.1) is 0 Å². The summed E-state index contributed by atoms with van der Waals surface area (Å²) in [7, 11) is 1.88. The molecule has 5 nitrogen and oxygen atoms in total. The van der Waals surface area contributed by atoms with Crippen molar-refractivity contribution in [3.05, 3.63) is 64.5 Å². The maximum absolute atomic E-state index is 12.5. The molecular weight excluding hydrogens is 282 g/mol. The highest BCUT2D eigenvalue weighted by molar-refractivity contribution is 5.82. The van der Waals surface area contributed by atoms with Crippen molar-refractivity contribution in [2.45, 2.75) is 6.54 Å². The molecule has 5 heteroatoms. The molecule has 1 heterocycles. The number of quaternary nitrogens is 1. The second-order valence-corrected chi connectivity index (χ2v) is 4.90. The first kappa shape index (κ1) is 14.2. The molecule has 0 unspecified atom stereocenters. The Kier molecular flexibility index (Phi) is 3.80. The average Bonchev–Trinajstić information content (AvgIpc) is 2.54. The van der Waals surface area contributed by atoms with Crippen LogP contribution in [0.5, 0.6) is 17.2 Å². The fourth-order valence-electron chi connectivity index (χ4n) is 2.32. The maximum atomic E-state index is 12.5. The van der Waals surface area contributed by atoms with Crippen LogP contribution >= 0.6 is 0 Å². The van der Waals surface area contributed by atoms with Crippen molar-refractivity contribution in [1.82, 2.24) is 0 Å². The van der Waals surface area contributed by atoms with Crippen LogP contribution < -0.4 is 15.5 Å². The summed E-state index contributed by atoms with van der Waals surface area (Å²) in [5.74, 6) is 0.802. The first-order valence-corrected chi connectivity index (χ1v) is 6.97. The lowest BCUT2D eigenvalue weighted by molar-refractivity contribution is -0.643. The normalized spacial score (nSPS) is 10.8. The number of ether oxygens (including phenoxy) is 1. The number of para-hydroxylation sites is 1. The summed E-state index contributed by atoms with van der Waals surface area (Å²) < 4.78 is 11.1. The number of aromatic hydroxyl groups is 1. The molecule has 0 atom stereocenters. The van der Waals surface area contributed by atoms with Gasteiger partial charge in [-0.3, -0.25) is 4.79 Å². The Labute approximate surface area is 126 Å². The first-order valence-electron chi connectivity index (χ1n) is 6.97. The lowest BCUT2D eigenvalue weighted by Gasteiger charge is -2.08. The van der Waals surface area contributed by atoms with Crippen molar-refractivity contribution in [3.8, 4) is 17.2 Å². The van der Waals surface area contributed by atoms with Gasteiger partial charge in [-0.05, 0) is 24.3 Å². The number of hydrogen-bond acceptors (Lipinski definition) is 4. The van der Waals surface area contributed by atoms with Gasteiger partial charge in [0.25, 0.3) is 0 Å². The van der Waals surface area contributed by atoms with Crippen molar-refractivity contribution in [3.63, 3.8) is 0 Å². The standard InChI is InChI=1S/C17H15NO4/c1-18-9-13-14(19)8-7-12-16(20)15(10-21-17(12)13)22-11-5-3-2-4-6-11/h2-8,10,18-19H,9H2,1H3/p+1. The van der Waals surface area contributed by atoms with Crippen LogP contribution in [0.3, 0.4) is 0 Å². The molecule has 22 heavy (non-hydrogen) atoms. The van der Waals surface area contributed by atoms with Crippen LogP contribution in [0.25, 0.3) is 11.0 Å². The molecule has 0 amide bonds. The van der Waals surface area contributed by atoms with E-state index in [1.165, 1.54) is 12.3 Å². The minimum absolute atomic E-state index is 0.116. The van der Waals surface area contributed by atoms with E-state index in [9.17, 15) is 9.90 Å². The number of phenolic OH excluding ortho intramolecular Hbond substituents is 1. The molecule has 0 bridgehead atoms. The Balaban J connectivity index is 2.11. The zero-order valence-electron chi connectivity index (χ0n) is 12.1. The highest BCUT2D eigenvalue weighted by atomic mass is 16.5. The van der Waals surface area contributed by atoms with Gasteiger partial charge >= 0.3 is 0 Å². The zero-order chi connectivity index (χ0) is 15.5. The topological polar surface area (TPSA) is 76.3 Å². The monoisotopic (exact) mass is 298 g/mol. The molecule has 0 aliphatic carbocycles. The second-order valence-electron chi connectivity index (χ2n) is 4.90. The zero-order valence-corrected chi connectivity index (χ0v) is 12.1. The Hall–Kier alpha value is -2.79. The van der Waals surface area contributed by atoms with Gasteiger partial charge in [-0.1, -0.05) is 18.2 Å². The van der Waals surface area contributed by atoms with E-state index < -0.39 is 0 Å². The average molecular weight is 298 g/mol. The summed E-state index contributed by atoms with van der Waals surface area (Å²) in [4.78, 5) is 12.5. The molecule has 1 aromatic heterocycles. The highest BCUT2D eigenvalue weighted by Gasteiger charge is 2.15. The quantitative estimate of drug-likeness (QED) is 0.772. The van der Waals surface area contributed by atoms with E-state index in [2.05, 4.69) is 0 Å². The number of hydrogen-bond donors (Lipinski definition) is 2. The van der Waals surface area contributed by atoms with E-state index in [0.29, 0.717) is 28.8 Å². The van der Waals surface area contributed by atoms with Crippen molar-refractivity contribution in [2.75, 3.05) is 7.05 Å². The molecule has 0 radical (unpaired) electrons. The minimum Gasteiger partial charge on any atom is -0.507 e. The summed E-state index contributed by atoms with van der Waals surface area (Å²) in [6, 6.07) is 12.1. The SMILES string of the molecule is C[NH2+]Cc1c(O)ccc2c(=O)c(Oc3ccccc3)coc12. The summed E-state index contributed by atoms with van der Waals surface area (Å²) in [5.41, 5.74) is 0.731. The fraction of sp³-hybridized carbons (Fsp3) is 0.118. The molecule has 0 fully saturated rings. The van der Waals surface area contributed by atoms with Crippen LogP contribution in [0.15, 0.2) is 57.9 Å². The molecule has 112 valence electrons. The molecule has 3 rings (SSSR count). The third kappa shape index (κ3) is 2.54. The molecule has 0 saturated heterocycles. The summed E-state index contributed by atoms with van der Waals surface area (Å²) >= 11 is 0. The Morgan fingerprint density at radius 1 is 1.18 bits per heavy atom. The van der Waals surface area contributed by atoms with E-state index in [4.69, 9.17) is 9.15 Å². The van der Waals surface area contributed by atoms with E-state index in [-0.39, 0.29) is 16.9 Å². The number of rotatable bonds is 4. The van der Waals surface area contributed by atoms with Gasteiger partial charge in [-0.25, -0.2) is 0 Å². The number of fused-ring (bicyclic) bond motifs is 1. The predicted octanol–water partition coefficient (Wildman–Crippen LogP) is 1.98. The Morgan fingerprint density at radius 2 is 1.95 bits per heavy atom. The number of nitrogens with two attached hydrogens (primary N) is 1. The van der Waals surface area contributed by atoms with Crippen molar-refractivity contribution < 1.29 is 19.6 Å². The summed E-state index contributed by atoms with van der Waals surface area (Å²) in [5, 5.41) is 12.2. The van der Waals surface area contributed by atoms with Crippen LogP contribution in [-0.4, -0.2) is 12.2 Å². The lowest BCUT2D eigenvalue weighted by atomic mass is 10.1. The molecule has 0 spiro atoms. The smallest absolute Gasteiger partial charge is 0.235 e. The molecule has 3 aromatic rings. The van der Waals surface area contributed by atoms with Gasteiger partial charge in [0.1, 0.15) is 24.3 Å². The molecule has 0 aliphatic rings. The Bertz CT molecular complexity index is 856. The van der Waals surface area contributed by atoms with E-state index in [0.717, 1.165) is 0 Å². The molecule has 0 aliphatic heterocycles. The largest absolute Gasteiger partial charge is 0.507 e. The third-order valence-electron chi connectivity index (χ3n) is 3.37. The van der Waals surface area contributed by atoms with Gasteiger partial charge in [0, 0.05) is 0 Å².